The summed E-state index contributed by atoms with van der Waals surface area (Å²) in [6, 6.07) is 7.81. The van der Waals surface area contributed by atoms with Crippen LogP contribution >= 0.6 is 0 Å². The fourth-order valence-corrected chi connectivity index (χ4v) is 3.92. The average Bonchev–Trinajstić information content (AvgIpc) is 3.38. The number of nitrogens with zero attached hydrogens (tertiary/aromatic N) is 3. The van der Waals surface area contributed by atoms with Gasteiger partial charge in [0.2, 0.25) is 5.88 Å². The number of aromatic amines is 1. The Labute approximate surface area is 219 Å². The molecule has 0 aliphatic rings. The Morgan fingerprint density at radius 1 is 1.21 bits per heavy atom. The van der Waals surface area contributed by atoms with Crippen LogP contribution in [0.5, 0.6) is 5.88 Å². The van der Waals surface area contributed by atoms with Gasteiger partial charge in [-0.25, -0.2) is 19.2 Å². The molecule has 3 heterocycles. The van der Waals surface area contributed by atoms with Gasteiger partial charge in [-0.15, -0.1) is 0 Å². The summed E-state index contributed by atoms with van der Waals surface area (Å²) in [4.78, 5) is 21.4. The SMILES string of the molecule is COC(C)(C)CCNC(=O)Nc1cc(-c2cc(OCCO)nc(-c3ccnc4[nH]ncc34)c2)c(C)cc1F. The van der Waals surface area contributed by atoms with Crippen LogP contribution in [-0.4, -0.2) is 63.8 Å². The predicted octanol–water partition coefficient (Wildman–Crippen LogP) is 4.44. The van der Waals surface area contributed by atoms with Crippen molar-refractivity contribution in [2.45, 2.75) is 32.8 Å². The normalized spacial score (nSPS) is 11.5. The lowest BCUT2D eigenvalue weighted by Crippen LogP contribution is -2.34. The Morgan fingerprint density at radius 2 is 2.03 bits per heavy atom. The maximum Gasteiger partial charge on any atom is 0.319 e. The number of carbonyl (C=O) groups is 1. The number of urea groups is 1. The van der Waals surface area contributed by atoms with Crippen molar-refractivity contribution in [2.75, 3.05) is 32.2 Å². The molecule has 0 aliphatic carbocycles. The molecule has 2 amide bonds. The quantitative estimate of drug-likeness (QED) is 0.242. The van der Waals surface area contributed by atoms with Gasteiger partial charge in [0.25, 0.3) is 0 Å². The first-order valence-corrected chi connectivity index (χ1v) is 12.2. The molecule has 0 spiro atoms. The standard InChI is InChI=1S/C27H31FN6O4/c1-16-11-21(28)23(33-26(36)30-8-6-27(2,3)37-4)14-19(16)17-12-22(32-24(13-17)38-10-9-35)18-5-7-29-25-20(18)15-31-34-25/h5,7,11-15,35H,6,8-10H2,1-4H3,(H,29,31,34)(H2,30,33,36). The van der Waals surface area contributed by atoms with E-state index in [-0.39, 0.29) is 30.4 Å². The Kier molecular flexibility index (Phi) is 8.18. The Bertz CT molecular complexity index is 1440. The number of hydrogen-bond acceptors (Lipinski definition) is 7. The van der Waals surface area contributed by atoms with Gasteiger partial charge in [-0.05, 0) is 68.1 Å². The molecule has 0 saturated carbocycles. The molecule has 4 rings (SSSR count). The van der Waals surface area contributed by atoms with Gasteiger partial charge < -0.3 is 25.2 Å². The van der Waals surface area contributed by atoms with Crippen molar-refractivity contribution in [3.63, 3.8) is 0 Å². The van der Waals surface area contributed by atoms with Gasteiger partial charge in [0.05, 0.1) is 29.8 Å². The smallest absolute Gasteiger partial charge is 0.319 e. The molecule has 0 atom stereocenters. The zero-order valence-electron chi connectivity index (χ0n) is 21.8. The van der Waals surface area contributed by atoms with Gasteiger partial charge in [-0.3, -0.25) is 5.10 Å². The number of amides is 2. The summed E-state index contributed by atoms with van der Waals surface area (Å²) in [6.07, 6.45) is 3.90. The monoisotopic (exact) mass is 522 g/mol. The highest BCUT2D eigenvalue weighted by Crippen LogP contribution is 2.35. The molecule has 0 unspecified atom stereocenters. The molecule has 0 saturated heterocycles. The summed E-state index contributed by atoms with van der Waals surface area (Å²) < 4.78 is 25.9. The van der Waals surface area contributed by atoms with Gasteiger partial charge in [-0.1, -0.05) is 0 Å². The Balaban J connectivity index is 1.68. The molecule has 4 aromatic rings. The van der Waals surface area contributed by atoms with E-state index in [4.69, 9.17) is 9.47 Å². The topological polar surface area (TPSA) is 134 Å². The lowest BCUT2D eigenvalue weighted by Gasteiger charge is -2.22. The van der Waals surface area contributed by atoms with E-state index in [9.17, 15) is 14.3 Å². The van der Waals surface area contributed by atoms with Crippen molar-refractivity contribution in [1.82, 2.24) is 25.5 Å². The lowest BCUT2D eigenvalue weighted by atomic mass is 9.98. The van der Waals surface area contributed by atoms with E-state index in [0.717, 1.165) is 10.9 Å². The highest BCUT2D eigenvalue weighted by molar-refractivity contribution is 5.93. The van der Waals surface area contributed by atoms with E-state index in [0.29, 0.717) is 41.0 Å². The minimum absolute atomic E-state index is 0.0337. The second kappa shape index (κ2) is 11.5. The number of aliphatic hydroxyl groups excluding tert-OH is 1. The molecule has 11 heteroatoms. The number of aliphatic hydroxyl groups is 1. The predicted molar refractivity (Wildman–Crippen MR) is 143 cm³/mol. The number of carbonyl (C=O) groups excluding carboxylic acids is 1. The number of nitrogens with one attached hydrogen (secondary N) is 3. The molecule has 38 heavy (non-hydrogen) atoms. The van der Waals surface area contributed by atoms with E-state index in [2.05, 4.69) is 30.8 Å². The van der Waals surface area contributed by atoms with Crippen LogP contribution in [0.1, 0.15) is 25.8 Å². The Hall–Kier alpha value is -4.09. The molecule has 4 N–H and O–H groups in total. The highest BCUT2D eigenvalue weighted by Gasteiger charge is 2.18. The number of hydrogen-bond donors (Lipinski definition) is 4. The third-order valence-corrected chi connectivity index (χ3v) is 6.21. The van der Waals surface area contributed by atoms with Gasteiger partial charge in [0.15, 0.2) is 5.65 Å². The average molecular weight is 523 g/mol. The van der Waals surface area contributed by atoms with Gasteiger partial charge in [0, 0.05) is 36.9 Å². The highest BCUT2D eigenvalue weighted by atomic mass is 19.1. The van der Waals surface area contributed by atoms with Crippen LogP contribution in [0.15, 0.2) is 42.7 Å². The molecule has 0 bridgehead atoms. The number of pyridine rings is 2. The van der Waals surface area contributed by atoms with Crippen molar-refractivity contribution >= 4 is 22.8 Å². The molecule has 10 nitrogen and oxygen atoms in total. The maximum atomic E-state index is 14.9. The maximum absolute atomic E-state index is 14.9. The van der Waals surface area contributed by atoms with Crippen LogP contribution in [0.4, 0.5) is 14.9 Å². The molecule has 1 aromatic carbocycles. The van der Waals surface area contributed by atoms with Crippen LogP contribution in [0, 0.1) is 12.7 Å². The first-order chi connectivity index (χ1) is 18.2. The number of anilines is 1. The fraction of sp³-hybridized carbons (Fsp3) is 0.333. The second-order valence-corrected chi connectivity index (χ2v) is 9.38. The van der Waals surface area contributed by atoms with Crippen molar-refractivity contribution in [3.05, 3.63) is 54.1 Å². The van der Waals surface area contributed by atoms with Gasteiger partial charge in [0.1, 0.15) is 12.4 Å². The summed E-state index contributed by atoms with van der Waals surface area (Å²) in [5.41, 5.74) is 3.64. The van der Waals surface area contributed by atoms with Crippen LogP contribution < -0.4 is 15.4 Å². The first kappa shape index (κ1) is 27.0. The number of halogens is 1. The number of aryl methyl sites for hydroxylation is 1. The summed E-state index contributed by atoms with van der Waals surface area (Å²) in [5.74, 6) is -0.268. The summed E-state index contributed by atoms with van der Waals surface area (Å²) in [7, 11) is 1.61. The van der Waals surface area contributed by atoms with Gasteiger partial charge >= 0.3 is 6.03 Å². The van der Waals surface area contributed by atoms with E-state index < -0.39 is 11.8 Å². The largest absolute Gasteiger partial charge is 0.475 e. The number of benzene rings is 1. The minimum atomic E-state index is -0.557. The van der Waals surface area contributed by atoms with E-state index in [1.165, 1.54) is 6.07 Å². The van der Waals surface area contributed by atoms with Crippen molar-refractivity contribution < 1.29 is 23.8 Å². The molecular weight excluding hydrogens is 491 g/mol. The van der Waals surface area contributed by atoms with E-state index in [1.54, 1.807) is 38.6 Å². The third kappa shape index (κ3) is 6.24. The van der Waals surface area contributed by atoms with Crippen molar-refractivity contribution in [3.8, 4) is 28.3 Å². The molecule has 0 radical (unpaired) electrons. The molecular formula is C27H31FN6O4. The summed E-state index contributed by atoms with van der Waals surface area (Å²) in [6.45, 7) is 5.86. The fourth-order valence-electron chi connectivity index (χ4n) is 3.92. The van der Waals surface area contributed by atoms with Crippen LogP contribution in [0.3, 0.4) is 0 Å². The number of rotatable bonds is 10. The number of methoxy groups -OCH3 is 1. The molecule has 0 aliphatic heterocycles. The molecule has 0 fully saturated rings. The van der Waals surface area contributed by atoms with E-state index >= 15 is 0 Å². The molecule has 200 valence electrons. The number of ether oxygens (including phenoxy) is 2. The number of fused-ring (bicyclic) bond motifs is 1. The zero-order chi connectivity index (χ0) is 27.3. The minimum Gasteiger partial charge on any atom is -0.475 e. The van der Waals surface area contributed by atoms with E-state index in [1.807, 2.05) is 26.0 Å². The van der Waals surface area contributed by atoms with Gasteiger partial charge in [-0.2, -0.15) is 5.10 Å². The van der Waals surface area contributed by atoms with Crippen LogP contribution in [-0.2, 0) is 4.74 Å². The second-order valence-electron chi connectivity index (χ2n) is 9.38. The number of aromatic nitrogens is 4. The Morgan fingerprint density at radius 3 is 2.79 bits per heavy atom. The molecule has 3 aromatic heterocycles. The zero-order valence-corrected chi connectivity index (χ0v) is 21.8. The summed E-state index contributed by atoms with van der Waals surface area (Å²) in [5, 5.41) is 22.3. The van der Waals surface area contributed by atoms with Crippen LogP contribution in [0.25, 0.3) is 33.4 Å². The first-order valence-electron chi connectivity index (χ1n) is 12.2. The summed E-state index contributed by atoms with van der Waals surface area (Å²) >= 11 is 0. The van der Waals surface area contributed by atoms with Crippen molar-refractivity contribution in [2.24, 2.45) is 0 Å². The van der Waals surface area contributed by atoms with Crippen LogP contribution in [0.2, 0.25) is 0 Å². The van der Waals surface area contributed by atoms with Crippen molar-refractivity contribution in [1.29, 1.82) is 0 Å². The lowest BCUT2D eigenvalue weighted by molar-refractivity contribution is 0.0165. The third-order valence-electron chi connectivity index (χ3n) is 6.21. The number of H-pyrrole nitrogens is 1.